The molecular weight excluding hydrogens is 488 g/mol. The molecule has 1 nitrogen and oxygen atoms in total. The Balaban J connectivity index is 1.72. The molecule has 0 aliphatic rings. The van der Waals surface area contributed by atoms with E-state index in [-0.39, 0.29) is 0 Å². The van der Waals surface area contributed by atoms with Crippen LogP contribution in [0.25, 0.3) is 64.4 Å². The molecule has 0 bridgehead atoms. The van der Waals surface area contributed by atoms with Crippen LogP contribution in [0.1, 0.15) is 0 Å². The van der Waals surface area contributed by atoms with Gasteiger partial charge in [-0.2, -0.15) is 0 Å². The second-order valence-electron chi connectivity index (χ2n) is 8.25. The molecular formula is C30H17BrOS. The standard InChI is InChI=1S/C30H17BrOS/c31-20-15-13-18(14-16-20)27-21-8-2-3-9-22(21)28(26-17-19-7-1-6-12-25(19)33-26)29-23-10-4-5-11-24(23)32-30(27)29/h1-17H. The molecule has 7 rings (SSSR count). The zero-order chi connectivity index (χ0) is 21.9. The fourth-order valence-electron chi connectivity index (χ4n) is 4.91. The highest BCUT2D eigenvalue weighted by Crippen LogP contribution is 2.49. The van der Waals surface area contributed by atoms with Gasteiger partial charge in [-0.3, -0.25) is 0 Å². The Labute approximate surface area is 203 Å². The quantitative estimate of drug-likeness (QED) is 0.228. The predicted molar refractivity (Wildman–Crippen MR) is 145 cm³/mol. The number of para-hydroxylation sites is 1. The maximum absolute atomic E-state index is 6.61. The molecule has 0 amide bonds. The molecule has 156 valence electrons. The Bertz CT molecular complexity index is 1790. The SMILES string of the molecule is Brc1ccc(-c2c3ccccc3c(-c3cc4ccccc4s3)c3c2oc2ccccc23)cc1. The lowest BCUT2D eigenvalue weighted by Gasteiger charge is -2.13. The van der Waals surface area contributed by atoms with Gasteiger partial charge in [-0.25, -0.2) is 0 Å². The number of thiophene rings is 1. The smallest absolute Gasteiger partial charge is 0.144 e. The number of fused-ring (bicyclic) bond motifs is 5. The summed E-state index contributed by atoms with van der Waals surface area (Å²) in [4.78, 5) is 1.27. The molecule has 0 atom stereocenters. The average Bonchev–Trinajstić information content (AvgIpc) is 3.45. The van der Waals surface area contributed by atoms with Crippen molar-refractivity contribution in [2.45, 2.75) is 0 Å². The summed E-state index contributed by atoms with van der Waals surface area (Å²) in [6, 6.07) is 36.6. The van der Waals surface area contributed by atoms with Crippen LogP contribution in [0.15, 0.2) is 112 Å². The van der Waals surface area contributed by atoms with E-state index in [1.165, 1.54) is 36.7 Å². The van der Waals surface area contributed by atoms with Crippen LogP contribution in [0.4, 0.5) is 0 Å². The minimum atomic E-state index is 0.920. The maximum atomic E-state index is 6.61. The molecule has 0 aliphatic carbocycles. The van der Waals surface area contributed by atoms with Crippen LogP contribution in [0.3, 0.4) is 0 Å². The number of rotatable bonds is 2. The third kappa shape index (κ3) is 2.90. The highest BCUT2D eigenvalue weighted by Gasteiger charge is 2.22. The van der Waals surface area contributed by atoms with Gasteiger partial charge in [0, 0.05) is 35.9 Å². The maximum Gasteiger partial charge on any atom is 0.144 e. The van der Waals surface area contributed by atoms with Gasteiger partial charge in [0.15, 0.2) is 0 Å². The molecule has 2 heterocycles. The number of furan rings is 1. The van der Waals surface area contributed by atoms with E-state index in [0.717, 1.165) is 32.2 Å². The van der Waals surface area contributed by atoms with Crippen LogP contribution in [0, 0.1) is 0 Å². The van der Waals surface area contributed by atoms with Crippen molar-refractivity contribution < 1.29 is 4.42 Å². The topological polar surface area (TPSA) is 13.1 Å². The summed E-state index contributed by atoms with van der Waals surface area (Å²) < 4.78 is 8.97. The van der Waals surface area contributed by atoms with Crippen molar-refractivity contribution in [3.63, 3.8) is 0 Å². The van der Waals surface area contributed by atoms with Crippen molar-refractivity contribution in [3.8, 4) is 21.6 Å². The largest absolute Gasteiger partial charge is 0.455 e. The molecule has 0 fully saturated rings. The number of hydrogen-bond donors (Lipinski definition) is 0. The molecule has 7 aromatic rings. The van der Waals surface area contributed by atoms with Gasteiger partial charge in [0.2, 0.25) is 0 Å². The van der Waals surface area contributed by atoms with E-state index >= 15 is 0 Å². The van der Waals surface area contributed by atoms with Crippen molar-refractivity contribution >= 4 is 70.1 Å². The summed E-state index contributed by atoms with van der Waals surface area (Å²) >= 11 is 5.43. The minimum Gasteiger partial charge on any atom is -0.455 e. The molecule has 5 aromatic carbocycles. The van der Waals surface area contributed by atoms with Gasteiger partial charge in [0.05, 0.1) is 0 Å². The highest BCUT2D eigenvalue weighted by molar-refractivity contribution is 9.10. The van der Waals surface area contributed by atoms with Gasteiger partial charge in [-0.15, -0.1) is 11.3 Å². The summed E-state index contributed by atoms with van der Waals surface area (Å²) in [6.45, 7) is 0. The molecule has 33 heavy (non-hydrogen) atoms. The molecule has 0 saturated heterocycles. The first-order chi connectivity index (χ1) is 16.3. The van der Waals surface area contributed by atoms with E-state index in [1.54, 1.807) is 0 Å². The van der Waals surface area contributed by atoms with Crippen LogP contribution < -0.4 is 0 Å². The molecule has 0 radical (unpaired) electrons. The zero-order valence-corrected chi connectivity index (χ0v) is 19.9. The molecule has 0 N–H and O–H groups in total. The first-order valence-corrected chi connectivity index (χ1v) is 12.5. The van der Waals surface area contributed by atoms with Gasteiger partial charge in [-0.05, 0) is 52.1 Å². The Morgan fingerprint density at radius 1 is 0.636 bits per heavy atom. The highest BCUT2D eigenvalue weighted by atomic mass is 79.9. The average molecular weight is 505 g/mol. The van der Waals surface area contributed by atoms with E-state index in [4.69, 9.17) is 4.42 Å². The van der Waals surface area contributed by atoms with Crippen LogP contribution in [-0.2, 0) is 0 Å². The van der Waals surface area contributed by atoms with E-state index in [2.05, 4.69) is 113 Å². The van der Waals surface area contributed by atoms with Gasteiger partial charge in [0.25, 0.3) is 0 Å². The Kier molecular flexibility index (Phi) is 4.23. The first kappa shape index (κ1) is 19.1. The van der Waals surface area contributed by atoms with Crippen molar-refractivity contribution in [3.05, 3.63) is 108 Å². The van der Waals surface area contributed by atoms with Crippen molar-refractivity contribution in [1.82, 2.24) is 0 Å². The van der Waals surface area contributed by atoms with Gasteiger partial charge >= 0.3 is 0 Å². The molecule has 0 unspecified atom stereocenters. The summed E-state index contributed by atoms with van der Waals surface area (Å²) in [5, 5.41) is 6.08. The Morgan fingerprint density at radius 3 is 2.09 bits per heavy atom. The minimum absolute atomic E-state index is 0.920. The zero-order valence-electron chi connectivity index (χ0n) is 17.5. The summed E-state index contributed by atoms with van der Waals surface area (Å²) in [5.74, 6) is 0. The lowest BCUT2D eigenvalue weighted by atomic mass is 9.90. The van der Waals surface area contributed by atoms with Crippen LogP contribution in [0.5, 0.6) is 0 Å². The van der Waals surface area contributed by atoms with E-state index in [0.29, 0.717) is 0 Å². The van der Waals surface area contributed by atoms with Crippen molar-refractivity contribution in [2.75, 3.05) is 0 Å². The fourth-order valence-corrected chi connectivity index (χ4v) is 6.30. The summed E-state index contributed by atoms with van der Waals surface area (Å²) in [5.41, 5.74) is 5.43. The Hall–Kier alpha value is -3.40. The molecule has 2 aromatic heterocycles. The lowest BCUT2D eigenvalue weighted by Crippen LogP contribution is -1.87. The van der Waals surface area contributed by atoms with E-state index < -0.39 is 0 Å². The Morgan fingerprint density at radius 2 is 1.30 bits per heavy atom. The summed E-state index contributed by atoms with van der Waals surface area (Å²) in [7, 11) is 0. The monoisotopic (exact) mass is 504 g/mol. The third-order valence-corrected chi connectivity index (χ3v) is 8.01. The normalized spacial score (nSPS) is 11.8. The van der Waals surface area contributed by atoms with Crippen LogP contribution in [0.2, 0.25) is 0 Å². The lowest BCUT2D eigenvalue weighted by molar-refractivity contribution is 0.670. The fraction of sp³-hybridized carbons (Fsp3) is 0. The number of halogens is 1. The first-order valence-electron chi connectivity index (χ1n) is 10.9. The number of hydrogen-bond acceptors (Lipinski definition) is 2. The molecule has 0 saturated carbocycles. The van der Waals surface area contributed by atoms with Crippen LogP contribution >= 0.6 is 27.3 Å². The molecule has 0 aliphatic heterocycles. The number of benzene rings is 5. The molecule has 3 heteroatoms. The molecule has 0 spiro atoms. The summed E-state index contributed by atoms with van der Waals surface area (Å²) in [6.07, 6.45) is 0. The predicted octanol–water partition coefficient (Wildman–Crippen LogP) is 10.1. The van der Waals surface area contributed by atoms with Crippen molar-refractivity contribution in [2.24, 2.45) is 0 Å². The van der Waals surface area contributed by atoms with Gasteiger partial charge < -0.3 is 4.42 Å². The van der Waals surface area contributed by atoms with Gasteiger partial charge in [0.1, 0.15) is 11.2 Å². The third-order valence-electron chi connectivity index (χ3n) is 6.34. The van der Waals surface area contributed by atoms with E-state index in [1.807, 2.05) is 17.4 Å². The van der Waals surface area contributed by atoms with Gasteiger partial charge in [-0.1, -0.05) is 88.7 Å². The second-order valence-corrected chi connectivity index (χ2v) is 10.3. The second kappa shape index (κ2) is 7.31. The van der Waals surface area contributed by atoms with E-state index in [9.17, 15) is 0 Å². The van der Waals surface area contributed by atoms with Crippen LogP contribution in [-0.4, -0.2) is 0 Å². The van der Waals surface area contributed by atoms with Crippen molar-refractivity contribution in [1.29, 1.82) is 0 Å².